The Balaban J connectivity index is 1.38. The van der Waals surface area contributed by atoms with Crippen LogP contribution >= 0.6 is 0 Å². The molecule has 6 nitrogen and oxygen atoms in total. The summed E-state index contributed by atoms with van der Waals surface area (Å²) in [4.78, 5) is 23.5. The summed E-state index contributed by atoms with van der Waals surface area (Å²) in [5.41, 5.74) is 2.14. The Labute approximate surface area is 147 Å². The van der Waals surface area contributed by atoms with E-state index in [9.17, 15) is 4.79 Å². The van der Waals surface area contributed by atoms with Gasteiger partial charge in [-0.2, -0.15) is 0 Å². The maximum atomic E-state index is 12.6. The van der Waals surface area contributed by atoms with Gasteiger partial charge in [0, 0.05) is 32.0 Å². The predicted molar refractivity (Wildman–Crippen MR) is 94.0 cm³/mol. The quantitative estimate of drug-likeness (QED) is 0.919. The molecule has 0 radical (unpaired) electrons. The van der Waals surface area contributed by atoms with E-state index < -0.39 is 0 Å². The number of carbonyl (C=O) groups excluding carboxylic acids is 1. The summed E-state index contributed by atoms with van der Waals surface area (Å²) in [5, 5.41) is 3.05. The molecule has 0 aliphatic carbocycles. The molecule has 0 spiro atoms. The molecule has 2 aromatic rings. The number of nitrogens with zero attached hydrogens (tertiary/aromatic N) is 3. The van der Waals surface area contributed by atoms with Crippen LogP contribution in [0.15, 0.2) is 42.7 Å². The lowest BCUT2D eigenvalue weighted by molar-refractivity contribution is -0.126. The highest BCUT2D eigenvalue weighted by Crippen LogP contribution is 2.33. The number of ether oxygens (including phenoxy) is 1. The molecule has 3 atom stereocenters. The predicted octanol–water partition coefficient (Wildman–Crippen LogP) is 1.70. The number of rotatable bonds is 4. The van der Waals surface area contributed by atoms with Crippen LogP contribution in [0.3, 0.4) is 0 Å². The minimum absolute atomic E-state index is 0.0659. The summed E-state index contributed by atoms with van der Waals surface area (Å²) in [6.45, 7) is 3.92. The molecule has 25 heavy (non-hydrogen) atoms. The van der Waals surface area contributed by atoms with E-state index in [2.05, 4.69) is 20.2 Å². The molecule has 1 aromatic carbocycles. The Morgan fingerprint density at radius 1 is 1.24 bits per heavy atom. The van der Waals surface area contributed by atoms with Gasteiger partial charge in [-0.15, -0.1) is 0 Å². The van der Waals surface area contributed by atoms with Crippen LogP contribution in [0.5, 0.6) is 0 Å². The smallest absolute Gasteiger partial charge is 0.226 e. The number of aromatic nitrogens is 2. The van der Waals surface area contributed by atoms with Crippen molar-refractivity contribution in [3.8, 4) is 0 Å². The Morgan fingerprint density at radius 2 is 2.00 bits per heavy atom. The number of amides is 1. The van der Waals surface area contributed by atoms with Gasteiger partial charge in [-0.25, -0.2) is 9.97 Å². The number of hydrogen-bond donors (Lipinski definition) is 1. The maximum Gasteiger partial charge on any atom is 0.226 e. The van der Waals surface area contributed by atoms with Crippen molar-refractivity contribution in [1.29, 1.82) is 0 Å². The standard InChI is InChI=1S/C19H22N4O2/c1-13-8-21-19(22-9-13)23-11-15-7-16(17(12-23)25-15)18(24)20-10-14-5-3-2-4-6-14/h2-6,8-9,15-17H,7,10-12H2,1H3,(H,20,24)/t15-,16-,17-/m1/s1. The number of carbonyl (C=O) groups is 1. The summed E-state index contributed by atoms with van der Waals surface area (Å²) >= 11 is 0. The lowest BCUT2D eigenvalue weighted by Gasteiger charge is -2.32. The van der Waals surface area contributed by atoms with Gasteiger partial charge in [0.2, 0.25) is 11.9 Å². The largest absolute Gasteiger partial charge is 0.370 e. The van der Waals surface area contributed by atoms with E-state index in [1.165, 1.54) is 0 Å². The number of morpholine rings is 1. The molecule has 0 unspecified atom stereocenters. The van der Waals surface area contributed by atoms with Gasteiger partial charge in [0.15, 0.2) is 0 Å². The molecule has 2 aliphatic rings. The van der Waals surface area contributed by atoms with Gasteiger partial charge in [-0.05, 0) is 24.5 Å². The first-order chi connectivity index (χ1) is 12.2. The van der Waals surface area contributed by atoms with E-state index in [4.69, 9.17) is 4.74 Å². The molecule has 4 rings (SSSR count). The van der Waals surface area contributed by atoms with Gasteiger partial charge < -0.3 is 15.0 Å². The zero-order chi connectivity index (χ0) is 17.2. The van der Waals surface area contributed by atoms with E-state index in [0.717, 1.165) is 24.1 Å². The Hall–Kier alpha value is -2.47. The van der Waals surface area contributed by atoms with Gasteiger partial charge >= 0.3 is 0 Å². The molecule has 2 fully saturated rings. The fourth-order valence-corrected chi connectivity index (χ4v) is 3.56. The maximum absolute atomic E-state index is 12.6. The van der Waals surface area contributed by atoms with Crippen LogP contribution in [0.1, 0.15) is 17.5 Å². The average Bonchev–Trinajstić information content (AvgIpc) is 2.95. The van der Waals surface area contributed by atoms with Crippen LogP contribution in [0.25, 0.3) is 0 Å². The third-order valence-corrected chi connectivity index (χ3v) is 4.85. The van der Waals surface area contributed by atoms with Gasteiger partial charge in [-0.1, -0.05) is 30.3 Å². The molecule has 1 amide bonds. The highest BCUT2D eigenvalue weighted by atomic mass is 16.5. The molecule has 1 aromatic heterocycles. The fraction of sp³-hybridized carbons (Fsp3) is 0.421. The minimum Gasteiger partial charge on any atom is -0.370 e. The van der Waals surface area contributed by atoms with E-state index in [1.807, 2.05) is 49.6 Å². The zero-order valence-corrected chi connectivity index (χ0v) is 14.3. The van der Waals surface area contributed by atoms with Crippen molar-refractivity contribution in [1.82, 2.24) is 15.3 Å². The van der Waals surface area contributed by atoms with E-state index >= 15 is 0 Å². The van der Waals surface area contributed by atoms with Gasteiger partial charge in [0.25, 0.3) is 0 Å². The van der Waals surface area contributed by atoms with Gasteiger partial charge in [0.1, 0.15) is 0 Å². The second-order valence-corrected chi connectivity index (χ2v) is 6.81. The molecule has 1 N–H and O–H groups in total. The van der Waals surface area contributed by atoms with Crippen molar-refractivity contribution in [2.45, 2.75) is 32.1 Å². The average molecular weight is 338 g/mol. The third-order valence-electron chi connectivity index (χ3n) is 4.85. The highest BCUT2D eigenvalue weighted by Gasteiger charge is 2.45. The molecule has 0 saturated carbocycles. The first-order valence-electron chi connectivity index (χ1n) is 8.70. The number of aryl methyl sites for hydroxylation is 1. The van der Waals surface area contributed by atoms with Crippen LogP contribution in [0.2, 0.25) is 0 Å². The molecule has 2 saturated heterocycles. The fourth-order valence-electron chi connectivity index (χ4n) is 3.56. The summed E-state index contributed by atoms with van der Waals surface area (Å²) < 4.78 is 6.00. The first kappa shape index (κ1) is 16.0. The summed E-state index contributed by atoms with van der Waals surface area (Å²) in [7, 11) is 0. The highest BCUT2D eigenvalue weighted by molar-refractivity contribution is 5.79. The van der Waals surface area contributed by atoms with Crippen LogP contribution in [-0.4, -0.2) is 41.2 Å². The van der Waals surface area contributed by atoms with E-state index in [1.54, 1.807) is 0 Å². The Kier molecular flexibility index (Phi) is 4.36. The normalized spacial score (nSPS) is 25.0. The molecule has 2 bridgehead atoms. The lowest BCUT2D eigenvalue weighted by atomic mass is 9.99. The number of nitrogens with one attached hydrogen (secondary N) is 1. The Bertz CT molecular complexity index is 735. The SMILES string of the molecule is Cc1cnc(N2C[C@H]3C[C@@H](C(=O)NCc4ccccc4)[C@@H](C2)O3)nc1. The van der Waals surface area contributed by atoms with Crippen molar-refractivity contribution in [2.75, 3.05) is 18.0 Å². The second-order valence-electron chi connectivity index (χ2n) is 6.81. The van der Waals surface area contributed by atoms with Crippen LogP contribution < -0.4 is 10.2 Å². The first-order valence-corrected chi connectivity index (χ1v) is 8.70. The van der Waals surface area contributed by atoms with Crippen LogP contribution in [-0.2, 0) is 16.1 Å². The van der Waals surface area contributed by atoms with Crippen LogP contribution in [0, 0.1) is 12.8 Å². The number of hydrogen-bond acceptors (Lipinski definition) is 5. The third kappa shape index (κ3) is 3.49. The van der Waals surface area contributed by atoms with Crippen molar-refractivity contribution in [3.05, 3.63) is 53.9 Å². The Morgan fingerprint density at radius 3 is 2.76 bits per heavy atom. The molecule has 6 heteroatoms. The summed E-state index contributed by atoms with van der Waals surface area (Å²) in [5.74, 6) is 0.682. The van der Waals surface area contributed by atoms with Gasteiger partial charge in [-0.3, -0.25) is 4.79 Å². The zero-order valence-electron chi connectivity index (χ0n) is 14.3. The molecular formula is C19H22N4O2. The van der Waals surface area contributed by atoms with Gasteiger partial charge in [0.05, 0.1) is 18.1 Å². The topological polar surface area (TPSA) is 67.4 Å². The molecule has 2 aliphatic heterocycles. The molecule has 3 heterocycles. The van der Waals surface area contributed by atoms with E-state index in [-0.39, 0.29) is 24.0 Å². The van der Waals surface area contributed by atoms with E-state index in [0.29, 0.717) is 19.0 Å². The number of anilines is 1. The molecular weight excluding hydrogens is 316 g/mol. The molecule has 130 valence electrons. The lowest BCUT2D eigenvalue weighted by Crippen LogP contribution is -2.46. The van der Waals surface area contributed by atoms with Crippen molar-refractivity contribution in [2.24, 2.45) is 5.92 Å². The second kappa shape index (κ2) is 6.80. The monoisotopic (exact) mass is 338 g/mol. The number of fused-ring (bicyclic) bond motifs is 2. The van der Waals surface area contributed by atoms with Crippen molar-refractivity contribution >= 4 is 11.9 Å². The summed E-state index contributed by atoms with van der Waals surface area (Å²) in [6.07, 6.45) is 4.37. The summed E-state index contributed by atoms with van der Waals surface area (Å²) in [6, 6.07) is 9.96. The van der Waals surface area contributed by atoms with Crippen molar-refractivity contribution < 1.29 is 9.53 Å². The number of benzene rings is 1. The minimum atomic E-state index is -0.107. The van der Waals surface area contributed by atoms with Crippen molar-refractivity contribution in [3.63, 3.8) is 0 Å². The van der Waals surface area contributed by atoms with Crippen LogP contribution in [0.4, 0.5) is 5.95 Å².